The predicted molar refractivity (Wildman–Crippen MR) is 100.0 cm³/mol. The first-order valence-electron chi connectivity index (χ1n) is 7.46. The number of phenols is 1. The van der Waals surface area contributed by atoms with Crippen LogP contribution in [0, 0.1) is 0 Å². The van der Waals surface area contributed by atoms with Crippen LogP contribution in [0.4, 0.5) is 5.69 Å². The minimum atomic E-state index is -0.349. The summed E-state index contributed by atoms with van der Waals surface area (Å²) in [6.07, 6.45) is 1.27. The van der Waals surface area contributed by atoms with Crippen molar-refractivity contribution < 1.29 is 14.6 Å². The number of amides is 1. The fourth-order valence-corrected chi connectivity index (χ4v) is 2.42. The van der Waals surface area contributed by atoms with Crippen LogP contribution in [0.5, 0.6) is 11.5 Å². The normalized spacial score (nSPS) is 10.7. The number of benzene rings is 2. The van der Waals surface area contributed by atoms with E-state index < -0.39 is 0 Å². The van der Waals surface area contributed by atoms with Gasteiger partial charge in [0.25, 0.3) is 5.91 Å². The molecule has 25 heavy (non-hydrogen) atoms. The van der Waals surface area contributed by atoms with Crippen molar-refractivity contribution >= 4 is 41.0 Å². The number of phenolic OH excluding ortho intramolecular Hbond substituents is 1. The van der Waals surface area contributed by atoms with Crippen molar-refractivity contribution in [3.63, 3.8) is 0 Å². The van der Waals surface area contributed by atoms with Gasteiger partial charge in [0.05, 0.1) is 24.4 Å². The molecule has 0 saturated carbocycles. The van der Waals surface area contributed by atoms with E-state index in [4.69, 9.17) is 27.9 Å². The molecule has 8 heteroatoms. The first-order valence-corrected chi connectivity index (χ1v) is 8.22. The number of aromatic hydroxyl groups is 1. The molecule has 1 amide bonds. The molecule has 132 valence electrons. The van der Waals surface area contributed by atoms with Crippen LogP contribution in [0.25, 0.3) is 0 Å². The zero-order valence-corrected chi connectivity index (χ0v) is 14.9. The predicted octanol–water partition coefficient (Wildman–Crippen LogP) is 3.66. The molecule has 0 atom stereocenters. The molecule has 0 bridgehead atoms. The summed E-state index contributed by atoms with van der Waals surface area (Å²) < 4.78 is 5.34. The summed E-state index contributed by atoms with van der Waals surface area (Å²) in [6.45, 7) is 2.54. The van der Waals surface area contributed by atoms with Crippen molar-refractivity contribution in [3.05, 3.63) is 52.0 Å². The van der Waals surface area contributed by atoms with E-state index in [-0.39, 0.29) is 23.2 Å². The molecule has 0 aliphatic carbocycles. The van der Waals surface area contributed by atoms with Gasteiger partial charge in [-0.05, 0) is 43.3 Å². The standard InChI is InChI=1S/C17H17Cl2N3O3/c1-2-25-14-5-3-13(4-6-14)20-10-16(23)22-21-9-11-7-12(18)8-15(19)17(11)24/h3-9,20,24H,2,10H2,1H3,(H,22,23)/b21-9-. The molecule has 2 rings (SSSR count). The van der Waals surface area contributed by atoms with Gasteiger partial charge in [0.1, 0.15) is 11.5 Å². The second kappa shape index (κ2) is 9.15. The lowest BCUT2D eigenvalue weighted by molar-refractivity contribution is -0.119. The molecule has 2 aromatic carbocycles. The number of carbonyl (C=O) groups excluding carboxylic acids is 1. The molecule has 2 aromatic rings. The maximum absolute atomic E-state index is 11.8. The first-order chi connectivity index (χ1) is 12.0. The maximum Gasteiger partial charge on any atom is 0.259 e. The highest BCUT2D eigenvalue weighted by atomic mass is 35.5. The summed E-state index contributed by atoms with van der Waals surface area (Å²) in [5, 5.41) is 17.0. The lowest BCUT2D eigenvalue weighted by Gasteiger charge is -2.07. The molecular formula is C17H17Cl2N3O3. The lowest BCUT2D eigenvalue weighted by Crippen LogP contribution is -2.25. The van der Waals surface area contributed by atoms with E-state index >= 15 is 0 Å². The van der Waals surface area contributed by atoms with Crippen LogP contribution in [0.1, 0.15) is 12.5 Å². The number of nitrogens with zero attached hydrogens (tertiary/aromatic N) is 1. The summed E-state index contributed by atoms with van der Waals surface area (Å²) in [6, 6.07) is 10.1. The number of anilines is 1. The molecule has 3 N–H and O–H groups in total. The van der Waals surface area contributed by atoms with Crippen molar-refractivity contribution in [3.8, 4) is 11.5 Å². The van der Waals surface area contributed by atoms with Gasteiger partial charge < -0.3 is 15.2 Å². The molecule has 0 unspecified atom stereocenters. The largest absolute Gasteiger partial charge is 0.506 e. The fraction of sp³-hybridized carbons (Fsp3) is 0.176. The third-order valence-electron chi connectivity index (χ3n) is 3.07. The van der Waals surface area contributed by atoms with Gasteiger partial charge in [0.2, 0.25) is 0 Å². The maximum atomic E-state index is 11.8. The number of hydrazone groups is 1. The summed E-state index contributed by atoms with van der Waals surface area (Å²) in [4.78, 5) is 11.8. The van der Waals surface area contributed by atoms with Crippen LogP contribution in [-0.2, 0) is 4.79 Å². The molecule has 6 nitrogen and oxygen atoms in total. The molecular weight excluding hydrogens is 365 g/mol. The van der Waals surface area contributed by atoms with Crippen molar-refractivity contribution in [1.29, 1.82) is 0 Å². The third-order valence-corrected chi connectivity index (χ3v) is 3.58. The van der Waals surface area contributed by atoms with E-state index in [1.54, 1.807) is 0 Å². The van der Waals surface area contributed by atoms with Crippen molar-refractivity contribution in [2.24, 2.45) is 5.10 Å². The van der Waals surface area contributed by atoms with Crippen LogP contribution >= 0.6 is 23.2 Å². The van der Waals surface area contributed by atoms with Gasteiger partial charge in [0, 0.05) is 16.3 Å². The van der Waals surface area contributed by atoms with Gasteiger partial charge in [-0.15, -0.1) is 0 Å². The number of carbonyl (C=O) groups is 1. The Balaban J connectivity index is 1.84. The second-order valence-electron chi connectivity index (χ2n) is 4.93. The van der Waals surface area contributed by atoms with E-state index in [9.17, 15) is 9.90 Å². The molecule has 0 aliphatic rings. The number of halogens is 2. The van der Waals surface area contributed by atoms with Crippen molar-refractivity contribution in [2.75, 3.05) is 18.5 Å². The van der Waals surface area contributed by atoms with E-state index in [0.717, 1.165) is 11.4 Å². The van der Waals surface area contributed by atoms with Crippen molar-refractivity contribution in [2.45, 2.75) is 6.92 Å². The average molecular weight is 382 g/mol. The van der Waals surface area contributed by atoms with Gasteiger partial charge in [0.15, 0.2) is 0 Å². The summed E-state index contributed by atoms with van der Waals surface area (Å²) in [5.74, 6) is 0.261. The number of nitrogens with one attached hydrogen (secondary N) is 2. The first kappa shape index (κ1) is 18.9. The van der Waals surface area contributed by atoms with Crippen LogP contribution in [0.3, 0.4) is 0 Å². The smallest absolute Gasteiger partial charge is 0.259 e. The van der Waals surface area contributed by atoms with Gasteiger partial charge in [-0.2, -0.15) is 5.10 Å². The average Bonchev–Trinajstić information content (AvgIpc) is 2.58. The summed E-state index contributed by atoms with van der Waals surface area (Å²) >= 11 is 11.7. The Labute approximate surface area is 155 Å². The minimum absolute atomic E-state index is 0.0353. The second-order valence-corrected chi connectivity index (χ2v) is 5.77. The Morgan fingerprint density at radius 3 is 2.68 bits per heavy atom. The topological polar surface area (TPSA) is 83.0 Å². The number of ether oxygens (including phenoxy) is 1. The third kappa shape index (κ3) is 5.85. The zero-order valence-electron chi connectivity index (χ0n) is 13.4. The summed E-state index contributed by atoms with van der Waals surface area (Å²) in [7, 11) is 0. The quantitative estimate of drug-likeness (QED) is 0.504. The van der Waals surface area contributed by atoms with E-state index in [2.05, 4.69) is 15.8 Å². The van der Waals surface area contributed by atoms with Gasteiger partial charge in [-0.1, -0.05) is 23.2 Å². The monoisotopic (exact) mass is 381 g/mol. The van der Waals surface area contributed by atoms with Gasteiger partial charge in [-0.25, -0.2) is 5.43 Å². The Hall–Kier alpha value is -2.44. The Morgan fingerprint density at radius 1 is 1.28 bits per heavy atom. The lowest BCUT2D eigenvalue weighted by atomic mass is 10.2. The number of hydrogen-bond acceptors (Lipinski definition) is 5. The minimum Gasteiger partial charge on any atom is -0.506 e. The Bertz CT molecular complexity index is 764. The Morgan fingerprint density at radius 2 is 2.00 bits per heavy atom. The highest BCUT2D eigenvalue weighted by Crippen LogP contribution is 2.29. The van der Waals surface area contributed by atoms with E-state index in [1.165, 1.54) is 18.3 Å². The van der Waals surface area contributed by atoms with Crippen molar-refractivity contribution in [1.82, 2.24) is 5.43 Å². The van der Waals surface area contributed by atoms with Gasteiger partial charge >= 0.3 is 0 Å². The zero-order chi connectivity index (χ0) is 18.2. The fourth-order valence-electron chi connectivity index (χ4n) is 1.92. The van der Waals surface area contributed by atoms with Crippen LogP contribution < -0.4 is 15.5 Å². The van der Waals surface area contributed by atoms with Crippen LogP contribution in [0.15, 0.2) is 41.5 Å². The molecule has 0 aromatic heterocycles. The van der Waals surface area contributed by atoms with Gasteiger partial charge in [-0.3, -0.25) is 4.79 Å². The molecule has 0 saturated heterocycles. The molecule has 0 heterocycles. The van der Waals surface area contributed by atoms with Crippen LogP contribution in [-0.4, -0.2) is 30.4 Å². The SMILES string of the molecule is CCOc1ccc(NCC(=O)N/N=C\c2cc(Cl)cc(Cl)c2O)cc1. The highest BCUT2D eigenvalue weighted by Gasteiger charge is 2.06. The van der Waals surface area contributed by atoms with E-state index in [1.807, 2.05) is 31.2 Å². The number of rotatable bonds is 7. The molecule has 0 aliphatic heterocycles. The number of hydrogen-bond donors (Lipinski definition) is 3. The molecule has 0 fully saturated rings. The molecule has 0 radical (unpaired) electrons. The Kier molecular flexibility index (Phi) is 6.91. The van der Waals surface area contributed by atoms with E-state index in [0.29, 0.717) is 17.2 Å². The van der Waals surface area contributed by atoms with Crippen LogP contribution in [0.2, 0.25) is 10.0 Å². The molecule has 0 spiro atoms. The highest BCUT2D eigenvalue weighted by molar-refractivity contribution is 6.36. The summed E-state index contributed by atoms with van der Waals surface area (Å²) in [5.41, 5.74) is 3.43.